The fourth-order valence-electron chi connectivity index (χ4n) is 3.67. The van der Waals surface area contributed by atoms with Crippen LogP contribution in [0.1, 0.15) is 23.1 Å². The summed E-state index contributed by atoms with van der Waals surface area (Å²) in [7, 11) is 0. The number of nitrogens with zero attached hydrogens (tertiary/aromatic N) is 2. The summed E-state index contributed by atoms with van der Waals surface area (Å²) in [5, 5.41) is 0.646. The van der Waals surface area contributed by atoms with E-state index in [1.165, 1.54) is 16.0 Å². The molecule has 2 aromatic carbocycles. The van der Waals surface area contributed by atoms with Gasteiger partial charge in [0.2, 0.25) is 11.8 Å². The van der Waals surface area contributed by atoms with Crippen LogP contribution in [0, 0.1) is 0 Å². The standard InChI is InChI=1S/C20H19ClN2O2/c21-17-7-5-14(6-8-17)12-23-19(24)11-18(20(23)25)22-10-9-15-3-1-2-4-16(15)13-22/h1-8,18H,9-13H2/t18-/m1/s1. The maximum Gasteiger partial charge on any atom is 0.247 e. The SMILES string of the molecule is O=C1C[C@@H](N2CCc3ccccc3C2)C(=O)N1Cc1ccc(Cl)cc1. The first-order valence-corrected chi connectivity index (χ1v) is 8.89. The van der Waals surface area contributed by atoms with Gasteiger partial charge in [0.1, 0.15) is 0 Å². The predicted molar refractivity (Wildman–Crippen MR) is 96.0 cm³/mol. The lowest BCUT2D eigenvalue weighted by atomic mass is 9.98. The van der Waals surface area contributed by atoms with Crippen LogP contribution in [0.3, 0.4) is 0 Å². The van der Waals surface area contributed by atoms with E-state index < -0.39 is 0 Å². The van der Waals surface area contributed by atoms with Gasteiger partial charge in [0.05, 0.1) is 19.0 Å². The summed E-state index contributed by atoms with van der Waals surface area (Å²) >= 11 is 5.90. The van der Waals surface area contributed by atoms with Gasteiger partial charge in [-0.25, -0.2) is 0 Å². The molecule has 1 atom stereocenters. The Hall–Kier alpha value is -2.17. The predicted octanol–water partition coefficient (Wildman–Crippen LogP) is 3.03. The quantitative estimate of drug-likeness (QED) is 0.795. The molecule has 0 radical (unpaired) electrons. The van der Waals surface area contributed by atoms with Gasteiger partial charge in [-0.2, -0.15) is 0 Å². The fraction of sp³-hybridized carbons (Fsp3) is 0.300. The summed E-state index contributed by atoms with van der Waals surface area (Å²) in [6, 6.07) is 15.2. The van der Waals surface area contributed by atoms with Crippen molar-refractivity contribution in [3.8, 4) is 0 Å². The van der Waals surface area contributed by atoms with Crippen molar-refractivity contribution in [3.05, 3.63) is 70.2 Å². The van der Waals surface area contributed by atoms with Gasteiger partial charge in [0, 0.05) is 18.1 Å². The number of hydrogen-bond acceptors (Lipinski definition) is 3. The normalized spacial score (nSPS) is 20.8. The third-order valence-corrected chi connectivity index (χ3v) is 5.33. The van der Waals surface area contributed by atoms with Gasteiger partial charge in [-0.1, -0.05) is 48.0 Å². The zero-order valence-corrected chi connectivity index (χ0v) is 14.6. The Balaban J connectivity index is 1.49. The third-order valence-electron chi connectivity index (χ3n) is 5.08. The molecule has 0 aromatic heterocycles. The summed E-state index contributed by atoms with van der Waals surface area (Å²) in [6.07, 6.45) is 1.19. The minimum atomic E-state index is -0.340. The van der Waals surface area contributed by atoms with Gasteiger partial charge < -0.3 is 0 Å². The molecule has 0 spiro atoms. The molecule has 0 aliphatic carbocycles. The Morgan fingerprint density at radius 2 is 1.72 bits per heavy atom. The lowest BCUT2D eigenvalue weighted by Crippen LogP contribution is -2.44. The van der Waals surface area contributed by atoms with E-state index in [1.807, 2.05) is 24.3 Å². The van der Waals surface area contributed by atoms with Crippen molar-refractivity contribution >= 4 is 23.4 Å². The summed E-state index contributed by atoms with van der Waals surface area (Å²) < 4.78 is 0. The van der Waals surface area contributed by atoms with Crippen LogP contribution in [0.5, 0.6) is 0 Å². The molecule has 2 aliphatic heterocycles. The van der Waals surface area contributed by atoms with Gasteiger partial charge in [0.25, 0.3) is 0 Å². The smallest absolute Gasteiger partial charge is 0.247 e. The average molecular weight is 355 g/mol. The summed E-state index contributed by atoms with van der Waals surface area (Å²) in [5.74, 6) is -0.178. The highest BCUT2D eigenvalue weighted by molar-refractivity contribution is 6.30. The summed E-state index contributed by atoms with van der Waals surface area (Å²) in [6.45, 7) is 1.86. The van der Waals surface area contributed by atoms with Crippen molar-refractivity contribution in [3.63, 3.8) is 0 Å². The van der Waals surface area contributed by atoms with Crippen LogP contribution in [0.15, 0.2) is 48.5 Å². The second kappa shape index (κ2) is 6.62. The molecule has 25 heavy (non-hydrogen) atoms. The van der Waals surface area contributed by atoms with E-state index in [0.29, 0.717) is 11.6 Å². The van der Waals surface area contributed by atoms with Crippen LogP contribution in [0.25, 0.3) is 0 Å². The molecule has 2 aliphatic rings. The largest absolute Gasteiger partial charge is 0.287 e. The first-order valence-electron chi connectivity index (χ1n) is 8.51. The number of carbonyl (C=O) groups is 2. The molecular weight excluding hydrogens is 336 g/mol. The number of carbonyl (C=O) groups excluding carboxylic acids is 2. The monoisotopic (exact) mass is 354 g/mol. The van der Waals surface area contributed by atoms with Gasteiger partial charge >= 0.3 is 0 Å². The van der Waals surface area contributed by atoms with Crippen LogP contribution in [0.4, 0.5) is 0 Å². The number of amides is 2. The Labute approximate surface area is 152 Å². The third kappa shape index (κ3) is 3.20. The number of rotatable bonds is 3. The molecule has 4 nitrogen and oxygen atoms in total. The molecule has 0 bridgehead atoms. The van der Waals surface area contributed by atoms with Crippen molar-refractivity contribution in [1.29, 1.82) is 0 Å². The van der Waals surface area contributed by atoms with Gasteiger partial charge in [-0.3, -0.25) is 19.4 Å². The van der Waals surface area contributed by atoms with Crippen LogP contribution in [-0.4, -0.2) is 34.2 Å². The van der Waals surface area contributed by atoms with E-state index in [4.69, 9.17) is 11.6 Å². The minimum Gasteiger partial charge on any atom is -0.287 e. The Morgan fingerprint density at radius 1 is 1.00 bits per heavy atom. The molecule has 4 rings (SSSR count). The van der Waals surface area contributed by atoms with Gasteiger partial charge in [-0.05, 0) is 35.2 Å². The number of hydrogen-bond donors (Lipinski definition) is 0. The maximum absolute atomic E-state index is 12.8. The molecule has 1 fully saturated rings. The molecule has 0 N–H and O–H groups in total. The Kier molecular flexibility index (Phi) is 4.32. The number of halogens is 1. The molecule has 2 aromatic rings. The van der Waals surface area contributed by atoms with Crippen molar-refractivity contribution < 1.29 is 9.59 Å². The molecule has 2 amide bonds. The van der Waals surface area contributed by atoms with Gasteiger partial charge in [0.15, 0.2) is 0 Å². The van der Waals surface area contributed by atoms with E-state index in [2.05, 4.69) is 17.0 Å². The topological polar surface area (TPSA) is 40.6 Å². The fourth-order valence-corrected chi connectivity index (χ4v) is 3.80. The highest BCUT2D eigenvalue weighted by Crippen LogP contribution is 2.27. The van der Waals surface area contributed by atoms with Crippen molar-refractivity contribution in [2.75, 3.05) is 6.54 Å². The second-order valence-corrected chi connectivity index (χ2v) is 7.09. The van der Waals surface area contributed by atoms with E-state index in [-0.39, 0.29) is 24.3 Å². The second-order valence-electron chi connectivity index (χ2n) is 6.65. The first kappa shape index (κ1) is 16.3. The van der Waals surface area contributed by atoms with Crippen LogP contribution < -0.4 is 0 Å². The van der Waals surface area contributed by atoms with E-state index in [9.17, 15) is 9.59 Å². The highest BCUT2D eigenvalue weighted by Gasteiger charge is 2.42. The van der Waals surface area contributed by atoms with E-state index in [1.54, 1.807) is 12.1 Å². The van der Waals surface area contributed by atoms with E-state index in [0.717, 1.165) is 25.1 Å². The molecular formula is C20H19ClN2O2. The highest BCUT2D eigenvalue weighted by atomic mass is 35.5. The van der Waals surface area contributed by atoms with Crippen LogP contribution >= 0.6 is 11.6 Å². The minimum absolute atomic E-state index is 0.0840. The maximum atomic E-state index is 12.8. The first-order chi connectivity index (χ1) is 12.1. The van der Waals surface area contributed by atoms with Crippen LogP contribution in [-0.2, 0) is 29.1 Å². The number of imide groups is 1. The zero-order valence-electron chi connectivity index (χ0n) is 13.8. The molecule has 1 saturated heterocycles. The number of likely N-dealkylation sites (tertiary alicyclic amines) is 1. The van der Waals surface area contributed by atoms with Crippen molar-refractivity contribution in [1.82, 2.24) is 9.80 Å². The Morgan fingerprint density at radius 3 is 2.48 bits per heavy atom. The van der Waals surface area contributed by atoms with E-state index >= 15 is 0 Å². The molecule has 0 unspecified atom stereocenters. The summed E-state index contributed by atoms with van der Waals surface area (Å²) in [5.41, 5.74) is 3.51. The lowest BCUT2D eigenvalue weighted by Gasteiger charge is -2.32. The average Bonchev–Trinajstić information content (AvgIpc) is 2.91. The van der Waals surface area contributed by atoms with Crippen LogP contribution in [0.2, 0.25) is 5.02 Å². The van der Waals surface area contributed by atoms with Crippen molar-refractivity contribution in [2.45, 2.75) is 32.0 Å². The Bertz CT molecular complexity index is 819. The number of benzene rings is 2. The number of fused-ring (bicyclic) bond motifs is 1. The summed E-state index contributed by atoms with van der Waals surface area (Å²) in [4.78, 5) is 28.8. The zero-order chi connectivity index (χ0) is 17.4. The molecule has 5 heteroatoms. The van der Waals surface area contributed by atoms with Gasteiger partial charge in [-0.15, -0.1) is 0 Å². The molecule has 128 valence electrons. The van der Waals surface area contributed by atoms with Crippen molar-refractivity contribution in [2.24, 2.45) is 0 Å². The molecule has 2 heterocycles. The lowest BCUT2D eigenvalue weighted by molar-refractivity contribution is -0.140. The molecule has 0 saturated carbocycles.